The summed E-state index contributed by atoms with van der Waals surface area (Å²) in [6, 6.07) is 8.41. The molecule has 0 aromatic heterocycles. The highest BCUT2D eigenvalue weighted by molar-refractivity contribution is 6.09. The molecule has 0 spiro atoms. The van der Waals surface area contributed by atoms with E-state index in [1.165, 1.54) is 18.4 Å². The summed E-state index contributed by atoms with van der Waals surface area (Å²) in [6.07, 6.45) is 3.94. The van der Waals surface area contributed by atoms with E-state index in [0.29, 0.717) is 0 Å². The van der Waals surface area contributed by atoms with E-state index < -0.39 is 0 Å². The van der Waals surface area contributed by atoms with Crippen LogP contribution in [0.5, 0.6) is 5.75 Å². The summed E-state index contributed by atoms with van der Waals surface area (Å²) in [7, 11) is 1.76. The Morgan fingerprint density at radius 2 is 1.72 bits per heavy atom. The lowest BCUT2D eigenvalue weighted by molar-refractivity contribution is -0.148. The molecule has 1 aliphatic rings. The van der Waals surface area contributed by atoms with Crippen molar-refractivity contribution in [1.82, 2.24) is 5.06 Å². The van der Waals surface area contributed by atoms with Gasteiger partial charge in [0.2, 0.25) is 0 Å². The fourth-order valence-electron chi connectivity index (χ4n) is 2.93. The molecule has 5 heteroatoms. The van der Waals surface area contributed by atoms with E-state index in [1.807, 2.05) is 5.06 Å². The Bertz CT molecular complexity index is 511. The van der Waals surface area contributed by atoms with Gasteiger partial charge >= 0.3 is 0 Å². The predicted molar refractivity (Wildman–Crippen MR) is 98.7 cm³/mol. The molecule has 0 bridgehead atoms. The Kier molecular flexibility index (Phi) is 9.39. The monoisotopic (exact) mass is 349 g/mol. The standard InChI is InChI=1S/C18H29NO2.C2H2O2/c1-18(2,3)16-7-5-6-8-17(16)21-14-11-15-9-12-19(20-4)13-10-15;3-1-2-4/h5-8,15H,9-14H2,1-4H3;1-2H. The average molecular weight is 349 g/mol. The molecule has 25 heavy (non-hydrogen) atoms. The number of benzene rings is 1. The largest absolute Gasteiger partial charge is 0.493 e. The van der Waals surface area contributed by atoms with Gasteiger partial charge in [-0.3, -0.25) is 9.59 Å². The van der Waals surface area contributed by atoms with Crippen molar-refractivity contribution in [2.45, 2.75) is 45.4 Å². The molecular weight excluding hydrogens is 318 g/mol. The minimum atomic E-state index is 0.125. The fourth-order valence-corrected chi connectivity index (χ4v) is 2.93. The minimum absolute atomic E-state index is 0.125. The van der Waals surface area contributed by atoms with Gasteiger partial charge in [0, 0.05) is 13.1 Å². The second-order valence-electron chi connectivity index (χ2n) is 7.21. The van der Waals surface area contributed by atoms with Gasteiger partial charge in [-0.15, -0.1) is 0 Å². The highest BCUT2D eigenvalue weighted by Gasteiger charge is 2.20. The molecule has 5 nitrogen and oxygen atoms in total. The number of rotatable bonds is 6. The summed E-state index contributed by atoms with van der Waals surface area (Å²) in [4.78, 5) is 22.9. The van der Waals surface area contributed by atoms with E-state index in [1.54, 1.807) is 7.11 Å². The SMILES string of the molecule is CON1CCC(CCOc2ccccc2C(C)(C)C)CC1.O=CC=O. The van der Waals surface area contributed by atoms with Crippen molar-refractivity contribution < 1.29 is 19.2 Å². The maximum Gasteiger partial charge on any atom is 0.182 e. The zero-order valence-electron chi connectivity index (χ0n) is 15.9. The number of aldehydes is 2. The minimum Gasteiger partial charge on any atom is -0.493 e. The van der Waals surface area contributed by atoms with Crippen LogP contribution < -0.4 is 4.74 Å². The third-order valence-corrected chi connectivity index (χ3v) is 4.37. The van der Waals surface area contributed by atoms with E-state index >= 15 is 0 Å². The normalized spacial score (nSPS) is 15.8. The topological polar surface area (TPSA) is 55.8 Å². The summed E-state index contributed by atoms with van der Waals surface area (Å²) in [5.41, 5.74) is 1.42. The van der Waals surface area contributed by atoms with Gasteiger partial charge in [0.25, 0.3) is 0 Å². The van der Waals surface area contributed by atoms with Crippen LogP contribution in [0.15, 0.2) is 24.3 Å². The highest BCUT2D eigenvalue weighted by atomic mass is 16.7. The second-order valence-corrected chi connectivity index (χ2v) is 7.21. The Morgan fingerprint density at radius 3 is 2.24 bits per heavy atom. The lowest BCUT2D eigenvalue weighted by Gasteiger charge is -2.30. The first-order valence-electron chi connectivity index (χ1n) is 8.82. The highest BCUT2D eigenvalue weighted by Crippen LogP contribution is 2.31. The molecular formula is C20H31NO4. The van der Waals surface area contributed by atoms with Crippen LogP contribution in [0.2, 0.25) is 0 Å². The summed E-state index contributed by atoms with van der Waals surface area (Å²) in [5.74, 6) is 1.80. The molecule has 1 aromatic rings. The molecule has 0 N–H and O–H groups in total. The van der Waals surface area contributed by atoms with Crippen molar-refractivity contribution in [3.05, 3.63) is 29.8 Å². The molecule has 0 radical (unpaired) electrons. The smallest absolute Gasteiger partial charge is 0.182 e. The van der Waals surface area contributed by atoms with Gasteiger partial charge in [-0.1, -0.05) is 39.0 Å². The van der Waals surface area contributed by atoms with E-state index in [-0.39, 0.29) is 18.0 Å². The third kappa shape index (κ3) is 7.80. The molecule has 2 rings (SSSR count). The van der Waals surface area contributed by atoms with E-state index in [0.717, 1.165) is 37.8 Å². The van der Waals surface area contributed by atoms with E-state index in [2.05, 4.69) is 45.0 Å². The summed E-state index contributed by atoms with van der Waals surface area (Å²) < 4.78 is 6.07. The molecule has 1 aromatic carbocycles. The van der Waals surface area contributed by atoms with Crippen LogP contribution in [0, 0.1) is 5.92 Å². The Morgan fingerprint density at radius 1 is 1.12 bits per heavy atom. The fraction of sp³-hybridized carbons (Fsp3) is 0.600. The molecule has 0 aliphatic carbocycles. The van der Waals surface area contributed by atoms with Crippen molar-refractivity contribution in [1.29, 1.82) is 0 Å². The molecule has 1 fully saturated rings. The van der Waals surface area contributed by atoms with Crippen LogP contribution in [0.25, 0.3) is 0 Å². The molecule has 1 saturated heterocycles. The molecule has 0 saturated carbocycles. The van der Waals surface area contributed by atoms with Crippen LogP contribution in [0.3, 0.4) is 0 Å². The molecule has 140 valence electrons. The summed E-state index contributed by atoms with van der Waals surface area (Å²) in [6.45, 7) is 9.59. The van der Waals surface area contributed by atoms with Crippen molar-refractivity contribution >= 4 is 12.6 Å². The van der Waals surface area contributed by atoms with Gasteiger partial charge in [0.1, 0.15) is 5.75 Å². The second kappa shape index (κ2) is 11.0. The van der Waals surface area contributed by atoms with Crippen LogP contribution in [-0.4, -0.2) is 44.4 Å². The van der Waals surface area contributed by atoms with E-state index in [9.17, 15) is 0 Å². The summed E-state index contributed by atoms with van der Waals surface area (Å²) >= 11 is 0. The third-order valence-electron chi connectivity index (χ3n) is 4.37. The number of hydroxylamine groups is 2. The quantitative estimate of drug-likeness (QED) is 0.582. The van der Waals surface area contributed by atoms with Crippen LogP contribution in [0.4, 0.5) is 0 Å². The molecule has 1 heterocycles. The van der Waals surface area contributed by atoms with E-state index in [4.69, 9.17) is 19.2 Å². The van der Waals surface area contributed by atoms with Crippen LogP contribution in [0.1, 0.15) is 45.6 Å². The number of para-hydroxylation sites is 1. The van der Waals surface area contributed by atoms with Gasteiger partial charge in [-0.25, -0.2) is 0 Å². The Labute approximate surface area is 151 Å². The number of nitrogens with zero attached hydrogens (tertiary/aromatic N) is 1. The lowest BCUT2D eigenvalue weighted by Crippen LogP contribution is -2.33. The number of hydrogen-bond donors (Lipinski definition) is 0. The van der Waals surface area contributed by atoms with Gasteiger partial charge in [-0.2, -0.15) is 5.06 Å². The maximum absolute atomic E-state index is 8.81. The Balaban J connectivity index is 0.000000705. The first-order chi connectivity index (χ1) is 11.9. The molecule has 0 atom stereocenters. The number of carbonyl (C=O) groups is 2. The number of piperidine rings is 1. The van der Waals surface area contributed by atoms with Gasteiger partial charge in [0.15, 0.2) is 12.6 Å². The van der Waals surface area contributed by atoms with Crippen molar-refractivity contribution in [2.75, 3.05) is 26.8 Å². The molecule has 0 unspecified atom stereocenters. The van der Waals surface area contributed by atoms with Crippen LogP contribution in [-0.2, 0) is 19.8 Å². The number of ether oxygens (including phenoxy) is 1. The van der Waals surface area contributed by atoms with Gasteiger partial charge < -0.3 is 9.57 Å². The predicted octanol–water partition coefficient (Wildman–Crippen LogP) is 3.41. The van der Waals surface area contributed by atoms with Gasteiger partial charge in [-0.05, 0) is 42.2 Å². The zero-order valence-corrected chi connectivity index (χ0v) is 15.9. The number of hydrogen-bond acceptors (Lipinski definition) is 5. The first kappa shape index (κ1) is 21.3. The van der Waals surface area contributed by atoms with Crippen molar-refractivity contribution in [2.24, 2.45) is 5.92 Å². The maximum atomic E-state index is 8.81. The van der Waals surface area contributed by atoms with Crippen molar-refractivity contribution in [3.8, 4) is 5.75 Å². The molecule has 0 amide bonds. The number of carbonyl (C=O) groups excluding carboxylic acids is 2. The Hall–Kier alpha value is -1.72. The average Bonchev–Trinajstić information content (AvgIpc) is 2.62. The summed E-state index contributed by atoms with van der Waals surface area (Å²) in [5, 5.41) is 2.05. The first-order valence-corrected chi connectivity index (χ1v) is 8.82. The molecule has 1 aliphatic heterocycles. The van der Waals surface area contributed by atoms with Crippen LogP contribution >= 0.6 is 0 Å². The van der Waals surface area contributed by atoms with Crippen molar-refractivity contribution in [3.63, 3.8) is 0 Å². The van der Waals surface area contributed by atoms with Gasteiger partial charge in [0.05, 0.1) is 13.7 Å². The lowest BCUT2D eigenvalue weighted by atomic mass is 9.86. The zero-order chi connectivity index (χ0) is 18.7.